The molecule has 1 aromatic heterocycles. The molecule has 0 aliphatic carbocycles. The number of amides is 1. The zero-order valence-corrected chi connectivity index (χ0v) is 19.0. The number of carbonyl (C=O) groups is 1. The van der Waals surface area contributed by atoms with Crippen molar-refractivity contribution in [1.82, 2.24) is 14.1 Å². The average molecular weight is 456 g/mol. The van der Waals surface area contributed by atoms with Crippen LogP contribution in [0.4, 0.5) is 0 Å². The summed E-state index contributed by atoms with van der Waals surface area (Å²) in [5, 5.41) is 0. The highest BCUT2D eigenvalue weighted by Gasteiger charge is 2.36. The van der Waals surface area contributed by atoms with Crippen LogP contribution in [-0.2, 0) is 14.8 Å². The van der Waals surface area contributed by atoms with Gasteiger partial charge < -0.3 is 4.90 Å². The number of sulfonamides is 1. The highest BCUT2D eigenvalue weighted by atomic mass is 35.5. The van der Waals surface area contributed by atoms with Gasteiger partial charge in [0.1, 0.15) is 10.3 Å². The van der Waals surface area contributed by atoms with Crippen LogP contribution in [0.15, 0.2) is 46.7 Å². The third-order valence-corrected chi connectivity index (χ3v) is 8.80. The maximum Gasteiger partial charge on any atom is 0.252 e. The molecule has 0 radical (unpaired) electrons. The molecule has 0 bridgehead atoms. The summed E-state index contributed by atoms with van der Waals surface area (Å²) >= 11 is 6.98. The largest absolute Gasteiger partial charge is 0.342 e. The summed E-state index contributed by atoms with van der Waals surface area (Å²) in [5.74, 6) is 0.0579. The summed E-state index contributed by atoms with van der Waals surface area (Å²) in [6.45, 7) is 6.90. The van der Waals surface area contributed by atoms with Gasteiger partial charge in [-0.2, -0.15) is 4.31 Å². The van der Waals surface area contributed by atoms with E-state index in [2.05, 4.69) is 4.90 Å². The molecule has 1 atom stereocenters. The van der Waals surface area contributed by atoms with Crippen LogP contribution in [0.5, 0.6) is 0 Å². The van der Waals surface area contributed by atoms with Crippen molar-refractivity contribution in [3.8, 4) is 0 Å². The minimum atomic E-state index is -3.56. The summed E-state index contributed by atoms with van der Waals surface area (Å²) in [5.41, 5.74) is 0.936. The number of carbonyl (C=O) groups excluding carboxylic acids is 1. The molecule has 1 fully saturated rings. The van der Waals surface area contributed by atoms with Crippen molar-refractivity contribution in [3.05, 3.63) is 52.4 Å². The summed E-state index contributed by atoms with van der Waals surface area (Å²) < 4.78 is 27.9. The molecule has 158 valence electrons. The van der Waals surface area contributed by atoms with Crippen LogP contribution in [0.3, 0.4) is 0 Å². The second-order valence-electron chi connectivity index (χ2n) is 6.82. The van der Waals surface area contributed by atoms with Crippen LogP contribution >= 0.6 is 22.9 Å². The van der Waals surface area contributed by atoms with E-state index in [0.29, 0.717) is 43.6 Å². The molecule has 0 unspecified atom stereocenters. The fourth-order valence-corrected chi connectivity index (χ4v) is 6.68. The third kappa shape index (κ3) is 4.83. The number of likely N-dealkylation sites (N-methyl/N-ethyl adjacent to an activating group) is 1. The van der Waals surface area contributed by atoms with Crippen molar-refractivity contribution in [2.45, 2.75) is 24.1 Å². The van der Waals surface area contributed by atoms with Crippen molar-refractivity contribution >= 4 is 38.9 Å². The monoisotopic (exact) mass is 455 g/mol. The lowest BCUT2D eigenvalue weighted by molar-refractivity contribution is -0.137. The van der Waals surface area contributed by atoms with Gasteiger partial charge in [0.05, 0.1) is 4.34 Å². The highest BCUT2D eigenvalue weighted by molar-refractivity contribution is 7.91. The number of rotatable bonds is 7. The molecule has 2 aromatic rings. The molecule has 1 aromatic carbocycles. The third-order valence-electron chi connectivity index (χ3n) is 5.21. The Labute approximate surface area is 181 Å². The molecule has 0 saturated carbocycles. The van der Waals surface area contributed by atoms with Crippen LogP contribution in [-0.4, -0.2) is 67.7 Å². The van der Waals surface area contributed by atoms with Crippen LogP contribution in [0, 0.1) is 0 Å². The fraction of sp³-hybridized carbons (Fsp3) is 0.450. The normalized spacial score (nSPS) is 17.2. The van der Waals surface area contributed by atoms with E-state index in [-0.39, 0.29) is 10.1 Å². The summed E-state index contributed by atoms with van der Waals surface area (Å²) in [4.78, 5) is 17.2. The topological polar surface area (TPSA) is 60.9 Å². The van der Waals surface area contributed by atoms with Gasteiger partial charge in [-0.3, -0.25) is 9.69 Å². The van der Waals surface area contributed by atoms with Crippen molar-refractivity contribution in [3.63, 3.8) is 0 Å². The SMILES string of the molecule is CCN(CC)C(=O)[C@H](c1ccccc1)N1CCN(S(=O)(=O)c2ccc(Cl)s2)CC1. The first-order valence-corrected chi connectivity index (χ1v) is 12.3. The van der Waals surface area contributed by atoms with Crippen LogP contribution in [0.25, 0.3) is 0 Å². The molecule has 1 saturated heterocycles. The predicted molar refractivity (Wildman–Crippen MR) is 117 cm³/mol. The average Bonchev–Trinajstić information content (AvgIpc) is 3.18. The molecule has 0 N–H and O–H groups in total. The number of halogens is 1. The quantitative estimate of drug-likeness (QED) is 0.642. The van der Waals surface area contributed by atoms with Crippen LogP contribution in [0.2, 0.25) is 4.34 Å². The van der Waals surface area contributed by atoms with Crippen molar-refractivity contribution in [1.29, 1.82) is 0 Å². The van der Waals surface area contributed by atoms with Gasteiger partial charge in [-0.1, -0.05) is 41.9 Å². The Morgan fingerprint density at radius 2 is 1.69 bits per heavy atom. The fourth-order valence-electron chi connectivity index (χ4n) is 3.62. The Morgan fingerprint density at radius 1 is 1.07 bits per heavy atom. The molecule has 9 heteroatoms. The van der Waals surface area contributed by atoms with Crippen molar-refractivity contribution < 1.29 is 13.2 Å². The Balaban J connectivity index is 1.79. The number of benzene rings is 1. The number of hydrogen-bond acceptors (Lipinski definition) is 5. The van der Waals surface area contributed by atoms with Gasteiger partial charge in [0.15, 0.2) is 0 Å². The Bertz CT molecular complexity index is 921. The molecular formula is C20H26ClN3O3S2. The highest BCUT2D eigenvalue weighted by Crippen LogP contribution is 2.30. The second kappa shape index (κ2) is 9.57. The summed E-state index contributed by atoms with van der Waals surface area (Å²) in [6.07, 6.45) is 0. The van der Waals surface area contributed by atoms with E-state index in [0.717, 1.165) is 16.9 Å². The van der Waals surface area contributed by atoms with Gasteiger partial charge in [-0.25, -0.2) is 8.42 Å². The van der Waals surface area contributed by atoms with Gasteiger partial charge in [-0.05, 0) is 31.5 Å². The molecule has 1 amide bonds. The second-order valence-corrected chi connectivity index (χ2v) is 10.7. The lowest BCUT2D eigenvalue weighted by atomic mass is 10.0. The number of piperazine rings is 1. The molecular weight excluding hydrogens is 430 g/mol. The smallest absolute Gasteiger partial charge is 0.252 e. The van der Waals surface area contributed by atoms with E-state index in [4.69, 9.17) is 11.6 Å². The van der Waals surface area contributed by atoms with E-state index in [1.807, 2.05) is 49.1 Å². The van der Waals surface area contributed by atoms with E-state index in [1.165, 1.54) is 4.31 Å². The Morgan fingerprint density at radius 3 is 2.21 bits per heavy atom. The van der Waals surface area contributed by atoms with E-state index in [9.17, 15) is 13.2 Å². The minimum Gasteiger partial charge on any atom is -0.342 e. The molecule has 1 aliphatic heterocycles. The van der Waals surface area contributed by atoms with E-state index in [1.54, 1.807) is 12.1 Å². The van der Waals surface area contributed by atoms with Crippen LogP contribution in [0.1, 0.15) is 25.5 Å². The van der Waals surface area contributed by atoms with Gasteiger partial charge in [0.25, 0.3) is 10.0 Å². The lowest BCUT2D eigenvalue weighted by Crippen LogP contribution is -2.52. The van der Waals surface area contributed by atoms with Gasteiger partial charge in [-0.15, -0.1) is 11.3 Å². The standard InChI is InChI=1S/C20H26ClN3O3S2/c1-3-22(4-2)20(25)19(16-8-6-5-7-9-16)23-12-14-24(15-13-23)29(26,27)18-11-10-17(21)28-18/h5-11,19H,3-4,12-15H2,1-2H3/t19-/m0/s1. The predicted octanol–water partition coefficient (Wildman–Crippen LogP) is 3.32. The van der Waals surface area contributed by atoms with Gasteiger partial charge in [0, 0.05) is 39.3 Å². The van der Waals surface area contributed by atoms with Crippen molar-refractivity contribution in [2.24, 2.45) is 0 Å². The molecule has 3 rings (SSSR count). The van der Waals surface area contributed by atoms with Gasteiger partial charge in [0.2, 0.25) is 5.91 Å². The van der Waals surface area contributed by atoms with Crippen LogP contribution < -0.4 is 0 Å². The van der Waals surface area contributed by atoms with E-state index >= 15 is 0 Å². The zero-order valence-electron chi connectivity index (χ0n) is 16.6. The first-order chi connectivity index (χ1) is 13.9. The first kappa shape index (κ1) is 22.2. The number of thiophene rings is 1. The minimum absolute atomic E-state index is 0.0579. The van der Waals surface area contributed by atoms with Crippen molar-refractivity contribution in [2.75, 3.05) is 39.3 Å². The number of hydrogen-bond donors (Lipinski definition) is 0. The molecule has 29 heavy (non-hydrogen) atoms. The van der Waals surface area contributed by atoms with E-state index < -0.39 is 16.1 Å². The van der Waals surface area contributed by atoms with Gasteiger partial charge >= 0.3 is 0 Å². The molecule has 6 nitrogen and oxygen atoms in total. The number of nitrogens with zero attached hydrogens (tertiary/aromatic N) is 3. The Kier molecular flexibility index (Phi) is 7.34. The lowest BCUT2D eigenvalue weighted by Gasteiger charge is -2.39. The molecule has 2 heterocycles. The molecule has 0 spiro atoms. The zero-order chi connectivity index (χ0) is 21.0. The first-order valence-electron chi connectivity index (χ1n) is 9.71. The maximum atomic E-state index is 13.2. The maximum absolute atomic E-state index is 13.2. The Hall–Kier alpha value is -1.45. The molecule has 1 aliphatic rings. The summed E-state index contributed by atoms with van der Waals surface area (Å²) in [6, 6.07) is 12.5. The summed E-state index contributed by atoms with van der Waals surface area (Å²) in [7, 11) is -3.56.